The van der Waals surface area contributed by atoms with Gasteiger partial charge in [-0.2, -0.15) is 0 Å². The van der Waals surface area contributed by atoms with Crippen molar-refractivity contribution >= 4 is 27.5 Å². The first kappa shape index (κ1) is 18.1. The number of carbonyl (C=O) groups is 2. The van der Waals surface area contributed by atoms with Crippen LogP contribution in [0, 0.1) is 0 Å². The first-order valence-electron chi connectivity index (χ1n) is 8.41. The fourth-order valence-electron chi connectivity index (χ4n) is 2.97. The monoisotopic (exact) mass is 372 g/mol. The topological polar surface area (TPSA) is 83.6 Å². The summed E-state index contributed by atoms with van der Waals surface area (Å²) in [4.78, 5) is 24.8. The van der Waals surface area contributed by atoms with Crippen molar-refractivity contribution in [2.45, 2.75) is 31.1 Å². The number of sulfonamides is 1. The minimum Gasteiger partial charge on any atom is -0.324 e. The smallest absolute Gasteiger partial charge is 0.269 e. The van der Waals surface area contributed by atoms with Crippen LogP contribution in [-0.2, 0) is 14.8 Å². The number of carbonyl (C=O) groups excluding carboxylic acids is 2. The van der Waals surface area contributed by atoms with Gasteiger partial charge in [0.15, 0.2) is 0 Å². The first-order valence-corrected chi connectivity index (χ1v) is 9.85. The second-order valence-electron chi connectivity index (χ2n) is 6.26. The maximum atomic E-state index is 12.5. The summed E-state index contributed by atoms with van der Waals surface area (Å²) in [6, 6.07) is 13.4. The summed E-state index contributed by atoms with van der Waals surface area (Å²) in [7, 11) is -3.99. The van der Waals surface area contributed by atoms with Gasteiger partial charge in [0.05, 0.1) is 5.56 Å². The van der Waals surface area contributed by atoms with Gasteiger partial charge in [-0.1, -0.05) is 44.2 Å². The van der Waals surface area contributed by atoms with Crippen LogP contribution < -0.4 is 5.32 Å². The Labute approximate surface area is 152 Å². The average molecular weight is 372 g/mol. The Morgan fingerprint density at radius 2 is 1.77 bits per heavy atom. The van der Waals surface area contributed by atoms with Gasteiger partial charge >= 0.3 is 0 Å². The van der Waals surface area contributed by atoms with Gasteiger partial charge in [-0.15, -0.1) is 0 Å². The molecule has 0 aromatic heterocycles. The zero-order chi connectivity index (χ0) is 18.9. The van der Waals surface area contributed by atoms with E-state index in [1.165, 1.54) is 12.1 Å². The number of nitrogens with zero attached hydrogens (tertiary/aromatic N) is 1. The van der Waals surface area contributed by atoms with Crippen molar-refractivity contribution < 1.29 is 18.0 Å². The van der Waals surface area contributed by atoms with Gasteiger partial charge in [0, 0.05) is 5.69 Å². The van der Waals surface area contributed by atoms with Crippen molar-refractivity contribution in [3.8, 4) is 0 Å². The van der Waals surface area contributed by atoms with Crippen LogP contribution in [0.3, 0.4) is 0 Å². The second-order valence-corrected chi connectivity index (χ2v) is 8.09. The molecule has 2 aromatic rings. The third kappa shape index (κ3) is 3.10. The van der Waals surface area contributed by atoms with E-state index < -0.39 is 28.4 Å². The van der Waals surface area contributed by atoms with Crippen LogP contribution >= 0.6 is 0 Å². The van der Waals surface area contributed by atoms with E-state index in [2.05, 4.69) is 19.2 Å². The molecule has 0 saturated carbocycles. The van der Waals surface area contributed by atoms with Crippen molar-refractivity contribution in [2.75, 3.05) is 11.9 Å². The lowest BCUT2D eigenvalue weighted by Crippen LogP contribution is -2.37. The van der Waals surface area contributed by atoms with Crippen LogP contribution in [0.15, 0.2) is 53.4 Å². The van der Waals surface area contributed by atoms with Crippen LogP contribution in [0.2, 0.25) is 0 Å². The van der Waals surface area contributed by atoms with Crippen molar-refractivity contribution in [1.82, 2.24) is 4.31 Å². The van der Waals surface area contributed by atoms with E-state index in [9.17, 15) is 18.0 Å². The summed E-state index contributed by atoms with van der Waals surface area (Å²) in [5.41, 5.74) is 1.70. The molecular weight excluding hydrogens is 352 g/mol. The number of amides is 2. The van der Waals surface area contributed by atoms with Gasteiger partial charge < -0.3 is 5.32 Å². The van der Waals surface area contributed by atoms with Gasteiger partial charge in [0.1, 0.15) is 11.4 Å². The van der Waals surface area contributed by atoms with Gasteiger partial charge in [-0.25, -0.2) is 12.7 Å². The standard InChI is InChI=1S/C19H20N2O4S/c1-3-13(2)14-8-4-6-10-16(14)20-18(22)12-21-19(23)15-9-5-7-11-17(15)26(21,24)25/h4-11,13H,3,12H2,1-2H3,(H,20,22). The molecule has 1 aliphatic heterocycles. The van der Waals surface area contributed by atoms with Crippen molar-refractivity contribution in [1.29, 1.82) is 0 Å². The molecular formula is C19H20N2O4S. The molecule has 2 amide bonds. The molecule has 0 aliphatic carbocycles. The van der Waals surface area contributed by atoms with E-state index in [0.717, 1.165) is 12.0 Å². The molecule has 0 radical (unpaired) electrons. The number of anilines is 1. The molecule has 26 heavy (non-hydrogen) atoms. The summed E-state index contributed by atoms with van der Waals surface area (Å²) in [6.07, 6.45) is 0.904. The normalized spacial score (nSPS) is 16.2. The third-order valence-electron chi connectivity index (χ3n) is 4.58. The summed E-state index contributed by atoms with van der Waals surface area (Å²) in [5, 5.41) is 2.74. The highest BCUT2D eigenvalue weighted by Gasteiger charge is 2.41. The second kappa shape index (κ2) is 6.92. The number of hydrogen-bond acceptors (Lipinski definition) is 4. The molecule has 1 N–H and O–H groups in total. The SMILES string of the molecule is CCC(C)c1ccccc1NC(=O)CN1C(=O)c2ccccc2S1(=O)=O. The zero-order valence-electron chi connectivity index (χ0n) is 14.6. The fraction of sp³-hybridized carbons (Fsp3) is 0.263. The van der Waals surface area contributed by atoms with E-state index in [1.54, 1.807) is 24.3 Å². The molecule has 1 atom stereocenters. The first-order chi connectivity index (χ1) is 12.4. The predicted molar refractivity (Wildman–Crippen MR) is 98.4 cm³/mol. The van der Waals surface area contributed by atoms with Gasteiger partial charge in [-0.05, 0) is 36.1 Å². The van der Waals surface area contributed by atoms with E-state index >= 15 is 0 Å². The largest absolute Gasteiger partial charge is 0.324 e. The van der Waals surface area contributed by atoms with E-state index in [-0.39, 0.29) is 16.4 Å². The molecule has 7 heteroatoms. The summed E-state index contributed by atoms with van der Waals surface area (Å²) in [5.74, 6) is -0.982. The Morgan fingerprint density at radius 1 is 1.12 bits per heavy atom. The van der Waals surface area contributed by atoms with Crippen LogP contribution in [-0.4, -0.2) is 31.1 Å². The number of benzene rings is 2. The minimum absolute atomic E-state index is 0.0576. The molecule has 0 bridgehead atoms. The van der Waals surface area contributed by atoms with Crippen LogP contribution in [0.1, 0.15) is 42.1 Å². The molecule has 1 unspecified atom stereocenters. The third-order valence-corrected chi connectivity index (χ3v) is 6.36. The van der Waals surface area contributed by atoms with Crippen LogP contribution in [0.25, 0.3) is 0 Å². The molecule has 0 fully saturated rings. The number of para-hydroxylation sites is 1. The molecule has 2 aromatic carbocycles. The molecule has 6 nitrogen and oxygen atoms in total. The van der Waals surface area contributed by atoms with E-state index in [4.69, 9.17) is 0 Å². The Hall–Kier alpha value is -2.67. The predicted octanol–water partition coefficient (Wildman–Crippen LogP) is 2.98. The molecule has 1 aliphatic rings. The lowest BCUT2D eigenvalue weighted by Gasteiger charge is -2.18. The lowest BCUT2D eigenvalue weighted by molar-refractivity contribution is -0.116. The lowest BCUT2D eigenvalue weighted by atomic mass is 9.97. The van der Waals surface area contributed by atoms with E-state index in [0.29, 0.717) is 9.99 Å². The highest BCUT2D eigenvalue weighted by Crippen LogP contribution is 2.30. The quantitative estimate of drug-likeness (QED) is 0.874. The maximum absolute atomic E-state index is 12.5. The highest BCUT2D eigenvalue weighted by atomic mass is 32.2. The number of hydrogen-bond donors (Lipinski definition) is 1. The number of rotatable bonds is 5. The Bertz CT molecular complexity index is 969. The van der Waals surface area contributed by atoms with Gasteiger partial charge in [-0.3, -0.25) is 9.59 Å². The summed E-state index contributed by atoms with van der Waals surface area (Å²) >= 11 is 0. The molecule has 136 valence electrons. The van der Waals surface area contributed by atoms with Crippen LogP contribution in [0.5, 0.6) is 0 Å². The van der Waals surface area contributed by atoms with Crippen LogP contribution in [0.4, 0.5) is 5.69 Å². The highest BCUT2D eigenvalue weighted by molar-refractivity contribution is 7.90. The number of nitrogens with one attached hydrogen (secondary N) is 1. The minimum atomic E-state index is -3.99. The summed E-state index contributed by atoms with van der Waals surface area (Å²) in [6.45, 7) is 3.55. The number of fused-ring (bicyclic) bond motifs is 1. The molecule has 0 spiro atoms. The van der Waals surface area contributed by atoms with Crippen molar-refractivity contribution in [3.05, 3.63) is 59.7 Å². The molecule has 1 heterocycles. The fourth-order valence-corrected chi connectivity index (χ4v) is 4.49. The Kier molecular flexibility index (Phi) is 4.82. The maximum Gasteiger partial charge on any atom is 0.269 e. The Balaban J connectivity index is 1.81. The van der Waals surface area contributed by atoms with Gasteiger partial charge in [0.2, 0.25) is 5.91 Å². The van der Waals surface area contributed by atoms with Gasteiger partial charge in [0.25, 0.3) is 15.9 Å². The average Bonchev–Trinajstić information content (AvgIpc) is 2.83. The van der Waals surface area contributed by atoms with Crippen molar-refractivity contribution in [3.63, 3.8) is 0 Å². The van der Waals surface area contributed by atoms with Crippen molar-refractivity contribution in [2.24, 2.45) is 0 Å². The summed E-state index contributed by atoms with van der Waals surface area (Å²) < 4.78 is 25.7. The zero-order valence-corrected chi connectivity index (χ0v) is 15.4. The molecule has 3 rings (SSSR count). The Morgan fingerprint density at radius 3 is 2.46 bits per heavy atom. The van der Waals surface area contributed by atoms with E-state index in [1.807, 2.05) is 12.1 Å². The molecule has 0 saturated heterocycles.